The van der Waals surface area contributed by atoms with Gasteiger partial charge in [-0.3, -0.25) is 9.59 Å². The fourth-order valence-corrected chi connectivity index (χ4v) is 1.94. The second kappa shape index (κ2) is 6.48. The molecule has 0 saturated carbocycles. The second-order valence-electron chi connectivity index (χ2n) is 3.99. The maximum Gasteiger partial charge on any atom is 0.310 e. The van der Waals surface area contributed by atoms with Gasteiger partial charge in [0.1, 0.15) is 0 Å². The van der Waals surface area contributed by atoms with Crippen LogP contribution in [0.2, 0.25) is 0 Å². The lowest BCUT2D eigenvalue weighted by Crippen LogP contribution is -2.25. The number of methoxy groups -OCH3 is 2. The summed E-state index contributed by atoms with van der Waals surface area (Å²) in [6.07, 6.45) is 2.07. The van der Waals surface area contributed by atoms with Crippen LogP contribution < -0.4 is 0 Å². The maximum atomic E-state index is 11.3. The van der Waals surface area contributed by atoms with Crippen LogP contribution in [-0.2, 0) is 19.1 Å². The highest BCUT2D eigenvalue weighted by Crippen LogP contribution is 2.17. The molecule has 5 nitrogen and oxygen atoms in total. The minimum atomic E-state index is -0.177. The summed E-state index contributed by atoms with van der Waals surface area (Å²) in [5, 5.41) is 0. The van der Waals surface area contributed by atoms with E-state index < -0.39 is 0 Å². The predicted octanol–water partition coefficient (Wildman–Crippen LogP) is 0.434. The molecule has 0 amide bonds. The highest BCUT2D eigenvalue weighted by molar-refractivity contribution is 5.72. The van der Waals surface area contributed by atoms with Crippen molar-refractivity contribution in [3.05, 3.63) is 0 Å². The zero-order valence-corrected chi connectivity index (χ0v) is 9.90. The summed E-state index contributed by atoms with van der Waals surface area (Å²) in [7, 11) is 2.81. The Morgan fingerprint density at radius 2 is 2.06 bits per heavy atom. The van der Waals surface area contributed by atoms with E-state index in [1.165, 1.54) is 14.2 Å². The van der Waals surface area contributed by atoms with E-state index in [1.54, 1.807) is 0 Å². The van der Waals surface area contributed by atoms with Gasteiger partial charge in [-0.05, 0) is 25.9 Å². The molecule has 92 valence electrons. The van der Waals surface area contributed by atoms with Crippen molar-refractivity contribution in [3.8, 4) is 0 Å². The van der Waals surface area contributed by atoms with Gasteiger partial charge in [-0.2, -0.15) is 0 Å². The van der Waals surface area contributed by atoms with Gasteiger partial charge in [-0.15, -0.1) is 0 Å². The molecule has 0 aromatic heterocycles. The largest absolute Gasteiger partial charge is 0.469 e. The molecule has 1 aliphatic heterocycles. The topological polar surface area (TPSA) is 55.8 Å². The van der Waals surface area contributed by atoms with Crippen LogP contribution in [0.5, 0.6) is 0 Å². The number of ether oxygens (including phenoxy) is 2. The molecular formula is C11H19NO4. The van der Waals surface area contributed by atoms with E-state index in [0.29, 0.717) is 6.42 Å². The van der Waals surface area contributed by atoms with Gasteiger partial charge in [0.15, 0.2) is 0 Å². The number of nitrogens with zero attached hydrogens (tertiary/aromatic N) is 1. The Bertz CT molecular complexity index is 254. The Labute approximate surface area is 95.7 Å². The van der Waals surface area contributed by atoms with E-state index in [-0.39, 0.29) is 17.9 Å². The van der Waals surface area contributed by atoms with Gasteiger partial charge < -0.3 is 14.4 Å². The Morgan fingerprint density at radius 1 is 1.31 bits per heavy atom. The number of hydrogen-bond acceptors (Lipinski definition) is 5. The number of esters is 2. The van der Waals surface area contributed by atoms with Crippen molar-refractivity contribution >= 4 is 11.9 Å². The van der Waals surface area contributed by atoms with Crippen LogP contribution in [0.25, 0.3) is 0 Å². The van der Waals surface area contributed by atoms with E-state index in [1.807, 2.05) is 0 Å². The molecule has 5 heteroatoms. The Kier molecular flexibility index (Phi) is 5.25. The molecule has 0 radical (unpaired) electrons. The first-order valence-electron chi connectivity index (χ1n) is 5.54. The third-order valence-electron chi connectivity index (χ3n) is 2.89. The van der Waals surface area contributed by atoms with Crippen molar-refractivity contribution in [2.45, 2.75) is 19.3 Å². The minimum Gasteiger partial charge on any atom is -0.469 e. The van der Waals surface area contributed by atoms with Gasteiger partial charge in [0, 0.05) is 13.0 Å². The third-order valence-corrected chi connectivity index (χ3v) is 2.89. The summed E-state index contributed by atoms with van der Waals surface area (Å²) in [6, 6.07) is 0. The standard InChI is InChI=1S/C11H19NO4/c1-15-10(13)4-3-6-12-7-5-9(8-12)11(14)16-2/h9H,3-8H2,1-2H3. The molecular weight excluding hydrogens is 210 g/mol. The first-order valence-corrected chi connectivity index (χ1v) is 5.54. The van der Waals surface area contributed by atoms with Crippen molar-refractivity contribution < 1.29 is 19.1 Å². The monoisotopic (exact) mass is 229 g/mol. The molecule has 0 aliphatic carbocycles. The number of rotatable bonds is 5. The summed E-state index contributed by atoms with van der Waals surface area (Å²) in [4.78, 5) is 24.3. The molecule has 16 heavy (non-hydrogen) atoms. The van der Waals surface area contributed by atoms with Crippen molar-refractivity contribution in [2.75, 3.05) is 33.9 Å². The number of carbonyl (C=O) groups is 2. The fourth-order valence-electron chi connectivity index (χ4n) is 1.94. The molecule has 1 atom stereocenters. The molecule has 1 rings (SSSR count). The molecule has 1 fully saturated rings. The Morgan fingerprint density at radius 3 is 2.69 bits per heavy atom. The summed E-state index contributed by atoms with van der Waals surface area (Å²) >= 11 is 0. The summed E-state index contributed by atoms with van der Waals surface area (Å²) in [5.74, 6) is -0.303. The highest BCUT2D eigenvalue weighted by atomic mass is 16.5. The van der Waals surface area contributed by atoms with Crippen LogP contribution in [0, 0.1) is 5.92 Å². The number of likely N-dealkylation sites (tertiary alicyclic amines) is 1. The van der Waals surface area contributed by atoms with Crippen LogP contribution in [0.4, 0.5) is 0 Å². The molecule has 0 N–H and O–H groups in total. The molecule has 1 aliphatic rings. The Hall–Kier alpha value is -1.10. The highest BCUT2D eigenvalue weighted by Gasteiger charge is 2.28. The molecule has 1 heterocycles. The average Bonchev–Trinajstić information content (AvgIpc) is 2.76. The van der Waals surface area contributed by atoms with E-state index in [2.05, 4.69) is 9.64 Å². The molecule has 1 saturated heterocycles. The molecule has 0 bridgehead atoms. The van der Waals surface area contributed by atoms with Crippen LogP contribution >= 0.6 is 0 Å². The van der Waals surface area contributed by atoms with Crippen molar-refractivity contribution in [1.29, 1.82) is 0 Å². The number of hydrogen-bond donors (Lipinski definition) is 0. The first kappa shape index (κ1) is 13.0. The number of carbonyl (C=O) groups excluding carboxylic acids is 2. The normalized spacial score (nSPS) is 20.8. The first-order chi connectivity index (χ1) is 7.67. The van der Waals surface area contributed by atoms with Crippen LogP contribution in [-0.4, -0.2) is 50.7 Å². The van der Waals surface area contributed by atoms with Crippen molar-refractivity contribution in [3.63, 3.8) is 0 Å². The van der Waals surface area contributed by atoms with Gasteiger partial charge in [0.25, 0.3) is 0 Å². The summed E-state index contributed by atoms with van der Waals surface area (Å²) in [5.41, 5.74) is 0. The Balaban J connectivity index is 2.17. The van der Waals surface area contributed by atoms with Crippen LogP contribution in [0.15, 0.2) is 0 Å². The van der Waals surface area contributed by atoms with E-state index in [0.717, 1.165) is 32.5 Å². The van der Waals surface area contributed by atoms with Gasteiger partial charge in [-0.1, -0.05) is 0 Å². The lowest BCUT2D eigenvalue weighted by Gasteiger charge is -2.14. The minimum absolute atomic E-state index is 0.00290. The zero-order valence-electron chi connectivity index (χ0n) is 9.90. The summed E-state index contributed by atoms with van der Waals surface area (Å²) < 4.78 is 9.26. The van der Waals surface area contributed by atoms with E-state index in [4.69, 9.17) is 4.74 Å². The molecule has 1 unspecified atom stereocenters. The van der Waals surface area contributed by atoms with E-state index >= 15 is 0 Å². The smallest absolute Gasteiger partial charge is 0.310 e. The zero-order chi connectivity index (χ0) is 12.0. The summed E-state index contributed by atoms with van der Waals surface area (Å²) in [6.45, 7) is 2.48. The quantitative estimate of drug-likeness (QED) is 0.640. The van der Waals surface area contributed by atoms with Gasteiger partial charge in [0.05, 0.1) is 20.1 Å². The predicted molar refractivity (Wildman–Crippen MR) is 57.8 cm³/mol. The van der Waals surface area contributed by atoms with Crippen molar-refractivity contribution in [2.24, 2.45) is 5.92 Å². The van der Waals surface area contributed by atoms with Crippen LogP contribution in [0.1, 0.15) is 19.3 Å². The maximum absolute atomic E-state index is 11.3. The molecule has 0 aromatic rings. The fraction of sp³-hybridized carbons (Fsp3) is 0.818. The molecule has 0 aromatic carbocycles. The van der Waals surface area contributed by atoms with Gasteiger partial charge >= 0.3 is 11.9 Å². The van der Waals surface area contributed by atoms with Gasteiger partial charge in [0.2, 0.25) is 0 Å². The average molecular weight is 229 g/mol. The lowest BCUT2D eigenvalue weighted by molar-refractivity contribution is -0.145. The van der Waals surface area contributed by atoms with Gasteiger partial charge in [-0.25, -0.2) is 0 Å². The SMILES string of the molecule is COC(=O)CCCN1CCC(C(=O)OC)C1. The van der Waals surface area contributed by atoms with Crippen molar-refractivity contribution in [1.82, 2.24) is 4.90 Å². The third kappa shape index (κ3) is 3.81. The molecule has 0 spiro atoms. The van der Waals surface area contributed by atoms with Crippen LogP contribution in [0.3, 0.4) is 0 Å². The van der Waals surface area contributed by atoms with E-state index in [9.17, 15) is 9.59 Å². The lowest BCUT2D eigenvalue weighted by atomic mass is 10.1. The second-order valence-corrected chi connectivity index (χ2v) is 3.99.